The van der Waals surface area contributed by atoms with Crippen molar-refractivity contribution in [1.29, 1.82) is 0 Å². The van der Waals surface area contributed by atoms with Gasteiger partial charge in [0, 0.05) is 17.6 Å². The van der Waals surface area contributed by atoms with Crippen LogP contribution in [0.25, 0.3) is 11.3 Å². The Hall–Kier alpha value is -2.14. The number of ether oxygens (including phenoxy) is 1. The third kappa shape index (κ3) is 3.05. The number of rotatable bonds is 4. The number of methoxy groups -OCH3 is 1. The first kappa shape index (κ1) is 17.3. The number of anilines is 1. The molecule has 3 aliphatic heterocycles. The van der Waals surface area contributed by atoms with Crippen molar-refractivity contribution in [1.82, 2.24) is 9.88 Å². The van der Waals surface area contributed by atoms with Gasteiger partial charge in [-0.15, -0.1) is 0 Å². The van der Waals surface area contributed by atoms with Gasteiger partial charge in [0.1, 0.15) is 11.6 Å². The predicted molar refractivity (Wildman–Crippen MR) is 102 cm³/mol. The number of aromatic nitrogens is 1. The molecule has 0 saturated carbocycles. The maximum absolute atomic E-state index is 14.4. The zero-order valence-electron chi connectivity index (χ0n) is 15.6. The normalized spacial score (nSPS) is 27.4. The summed E-state index contributed by atoms with van der Waals surface area (Å²) in [5.41, 5.74) is 2.87. The van der Waals surface area contributed by atoms with Gasteiger partial charge in [-0.1, -0.05) is 0 Å². The van der Waals surface area contributed by atoms with Gasteiger partial charge in [0.15, 0.2) is 0 Å². The molecule has 2 atom stereocenters. The van der Waals surface area contributed by atoms with Crippen molar-refractivity contribution < 1.29 is 9.13 Å². The first-order valence-electron chi connectivity index (χ1n) is 9.38. The molecule has 0 spiro atoms. The van der Waals surface area contributed by atoms with E-state index < -0.39 is 0 Å². The molecule has 2 bridgehead atoms. The van der Waals surface area contributed by atoms with Gasteiger partial charge in [0.05, 0.1) is 24.7 Å². The summed E-state index contributed by atoms with van der Waals surface area (Å²) in [6, 6.07) is 8.09. The van der Waals surface area contributed by atoms with Crippen LogP contribution in [0.1, 0.15) is 25.3 Å². The van der Waals surface area contributed by atoms with Crippen molar-refractivity contribution in [2.75, 3.05) is 25.5 Å². The molecule has 0 radical (unpaired) electrons. The molecule has 138 valence electrons. The molecular formula is C21H26FN3O. The second-order valence-electron chi connectivity index (χ2n) is 7.52. The van der Waals surface area contributed by atoms with Crippen molar-refractivity contribution in [2.45, 2.75) is 38.8 Å². The molecule has 1 aromatic carbocycles. The fraction of sp³-hybridized carbons (Fsp3) is 0.476. The van der Waals surface area contributed by atoms with E-state index >= 15 is 0 Å². The average molecular weight is 355 g/mol. The monoisotopic (exact) mass is 355 g/mol. The molecule has 1 N–H and O–H groups in total. The summed E-state index contributed by atoms with van der Waals surface area (Å²) in [4.78, 5) is 7.06. The quantitative estimate of drug-likeness (QED) is 0.896. The highest BCUT2D eigenvalue weighted by atomic mass is 19.1. The zero-order chi connectivity index (χ0) is 18.3. The lowest BCUT2D eigenvalue weighted by Crippen LogP contribution is -2.59. The summed E-state index contributed by atoms with van der Waals surface area (Å²) >= 11 is 0. The minimum Gasteiger partial charge on any atom is -0.496 e. The molecule has 1 aromatic heterocycles. The lowest BCUT2D eigenvalue weighted by molar-refractivity contribution is 0.0458. The van der Waals surface area contributed by atoms with E-state index in [1.807, 2.05) is 25.3 Å². The maximum atomic E-state index is 14.4. The van der Waals surface area contributed by atoms with Gasteiger partial charge in [-0.25, -0.2) is 4.39 Å². The molecule has 0 aliphatic carbocycles. The van der Waals surface area contributed by atoms with Crippen molar-refractivity contribution in [3.8, 4) is 17.0 Å². The Kier molecular flexibility index (Phi) is 4.57. The molecule has 26 heavy (non-hydrogen) atoms. The summed E-state index contributed by atoms with van der Waals surface area (Å²) in [5.74, 6) is 1.13. The largest absolute Gasteiger partial charge is 0.496 e. The Morgan fingerprint density at radius 3 is 2.62 bits per heavy atom. The second-order valence-corrected chi connectivity index (χ2v) is 7.52. The van der Waals surface area contributed by atoms with E-state index in [-0.39, 0.29) is 5.82 Å². The number of benzene rings is 1. The fourth-order valence-corrected chi connectivity index (χ4v) is 4.45. The lowest BCUT2D eigenvalue weighted by Gasteiger charge is -2.50. The highest BCUT2D eigenvalue weighted by molar-refractivity contribution is 5.65. The number of hydrogen-bond donors (Lipinski definition) is 1. The Morgan fingerprint density at radius 1 is 1.23 bits per heavy atom. The lowest BCUT2D eigenvalue weighted by atomic mass is 9.79. The van der Waals surface area contributed by atoms with Crippen LogP contribution in [0, 0.1) is 18.7 Å². The van der Waals surface area contributed by atoms with E-state index in [0.717, 1.165) is 17.2 Å². The molecular weight excluding hydrogens is 329 g/mol. The van der Waals surface area contributed by atoms with Crippen LogP contribution in [0.5, 0.6) is 5.75 Å². The Balaban J connectivity index is 1.54. The Bertz CT molecular complexity index is 783. The van der Waals surface area contributed by atoms with E-state index in [9.17, 15) is 4.39 Å². The Morgan fingerprint density at radius 2 is 2.00 bits per heavy atom. The minimum atomic E-state index is -0.275. The number of nitrogens with one attached hydrogen (secondary N) is 1. The summed E-state index contributed by atoms with van der Waals surface area (Å²) < 4.78 is 19.7. The van der Waals surface area contributed by atoms with Gasteiger partial charge >= 0.3 is 0 Å². The van der Waals surface area contributed by atoms with Crippen LogP contribution in [0.2, 0.25) is 0 Å². The van der Waals surface area contributed by atoms with E-state index in [2.05, 4.69) is 22.1 Å². The van der Waals surface area contributed by atoms with Crippen LogP contribution < -0.4 is 10.1 Å². The van der Waals surface area contributed by atoms with Gasteiger partial charge in [-0.3, -0.25) is 9.88 Å². The SMILES string of the molecule is COc1cc(-c2ccc(N[C@@H]3C4CCN(CC4)[C@@H]3C)cn2)c(F)cc1C. The second kappa shape index (κ2) is 6.88. The standard InChI is InChI=1S/C21H26FN3O/c1-13-10-18(22)17(11-20(13)26-3)19-5-4-16(12-23-19)24-21-14(2)25-8-6-15(21)7-9-25/h4-5,10-12,14-15,21,24H,6-9H2,1-3H3/t14-,21+/m1/s1. The van der Waals surface area contributed by atoms with Crippen molar-refractivity contribution >= 4 is 5.69 Å². The summed E-state index contributed by atoms with van der Waals surface area (Å²) in [5, 5.41) is 3.66. The molecule has 3 saturated heterocycles. The van der Waals surface area contributed by atoms with Crippen LogP contribution in [-0.2, 0) is 0 Å². The van der Waals surface area contributed by atoms with Gasteiger partial charge in [-0.05, 0) is 75.5 Å². The maximum Gasteiger partial charge on any atom is 0.133 e. The zero-order valence-corrected chi connectivity index (χ0v) is 15.6. The number of hydrogen-bond acceptors (Lipinski definition) is 4. The van der Waals surface area contributed by atoms with Gasteiger partial charge in [0.2, 0.25) is 0 Å². The summed E-state index contributed by atoms with van der Waals surface area (Å²) in [7, 11) is 1.60. The van der Waals surface area contributed by atoms with Crippen LogP contribution in [0.4, 0.5) is 10.1 Å². The topological polar surface area (TPSA) is 37.4 Å². The summed E-state index contributed by atoms with van der Waals surface area (Å²) in [6.07, 6.45) is 4.34. The van der Waals surface area contributed by atoms with E-state index in [1.54, 1.807) is 13.2 Å². The molecule has 4 heterocycles. The van der Waals surface area contributed by atoms with E-state index in [0.29, 0.717) is 29.1 Å². The van der Waals surface area contributed by atoms with Crippen LogP contribution in [0.3, 0.4) is 0 Å². The minimum absolute atomic E-state index is 0.275. The highest BCUT2D eigenvalue weighted by Gasteiger charge is 2.39. The molecule has 3 aliphatic rings. The molecule has 5 rings (SSSR count). The molecule has 0 amide bonds. The van der Waals surface area contributed by atoms with E-state index in [1.165, 1.54) is 32.0 Å². The Labute approximate surface area is 154 Å². The number of halogens is 1. The molecule has 3 fully saturated rings. The van der Waals surface area contributed by atoms with Gasteiger partial charge in [-0.2, -0.15) is 0 Å². The number of nitrogens with zero attached hydrogens (tertiary/aromatic N) is 2. The van der Waals surface area contributed by atoms with Crippen LogP contribution >= 0.6 is 0 Å². The molecule has 4 nitrogen and oxygen atoms in total. The van der Waals surface area contributed by atoms with Gasteiger partial charge < -0.3 is 10.1 Å². The smallest absolute Gasteiger partial charge is 0.133 e. The van der Waals surface area contributed by atoms with Gasteiger partial charge in [0.25, 0.3) is 0 Å². The fourth-order valence-electron chi connectivity index (χ4n) is 4.45. The molecule has 0 unspecified atom stereocenters. The van der Waals surface area contributed by atoms with Crippen molar-refractivity contribution in [3.05, 3.63) is 41.8 Å². The third-order valence-electron chi connectivity index (χ3n) is 6.04. The van der Waals surface area contributed by atoms with E-state index in [4.69, 9.17) is 4.74 Å². The number of fused-ring (bicyclic) bond motifs is 3. The number of piperidine rings is 3. The summed E-state index contributed by atoms with van der Waals surface area (Å²) in [6.45, 7) is 6.57. The van der Waals surface area contributed by atoms with Crippen LogP contribution in [-0.4, -0.2) is 42.2 Å². The average Bonchev–Trinajstić information content (AvgIpc) is 2.66. The highest BCUT2D eigenvalue weighted by Crippen LogP contribution is 2.34. The first-order valence-corrected chi connectivity index (χ1v) is 9.38. The third-order valence-corrected chi connectivity index (χ3v) is 6.04. The predicted octanol–water partition coefficient (Wildman–Crippen LogP) is 4.10. The molecule has 2 aromatic rings. The first-order chi connectivity index (χ1) is 12.6. The molecule has 5 heteroatoms. The van der Waals surface area contributed by atoms with Crippen molar-refractivity contribution in [3.63, 3.8) is 0 Å². The van der Waals surface area contributed by atoms with Crippen molar-refractivity contribution in [2.24, 2.45) is 5.92 Å². The van der Waals surface area contributed by atoms with Crippen LogP contribution in [0.15, 0.2) is 30.5 Å². The number of pyridine rings is 1. The number of aryl methyl sites for hydroxylation is 1.